The summed E-state index contributed by atoms with van der Waals surface area (Å²) in [5, 5.41) is 3.48. The van der Waals surface area contributed by atoms with Crippen molar-refractivity contribution >= 4 is 0 Å². The molecule has 1 atom stereocenters. The van der Waals surface area contributed by atoms with Crippen LogP contribution in [0.25, 0.3) is 0 Å². The minimum atomic E-state index is 0.569. The van der Waals surface area contributed by atoms with Crippen molar-refractivity contribution in [2.45, 2.75) is 38.5 Å². The van der Waals surface area contributed by atoms with Crippen LogP contribution >= 0.6 is 0 Å². The van der Waals surface area contributed by atoms with Crippen molar-refractivity contribution in [2.75, 3.05) is 19.8 Å². The lowest BCUT2D eigenvalue weighted by molar-refractivity contribution is 0.0772. The molecular formula is C15H22N2O2. The minimum absolute atomic E-state index is 0.569. The fraction of sp³-hybridized carbons (Fsp3) is 0.667. The second-order valence-corrected chi connectivity index (χ2v) is 5.52. The molecule has 3 rings (SSSR count). The first-order valence-electron chi connectivity index (χ1n) is 7.24. The van der Waals surface area contributed by atoms with E-state index in [4.69, 9.17) is 9.47 Å². The van der Waals surface area contributed by atoms with Crippen LogP contribution in [0.2, 0.25) is 0 Å². The molecule has 0 radical (unpaired) electrons. The highest BCUT2D eigenvalue weighted by molar-refractivity contribution is 5.11. The van der Waals surface area contributed by atoms with Crippen LogP contribution in [0.5, 0.6) is 0 Å². The lowest BCUT2D eigenvalue weighted by Gasteiger charge is -2.09. The van der Waals surface area contributed by atoms with Crippen LogP contribution in [0.3, 0.4) is 0 Å². The van der Waals surface area contributed by atoms with Gasteiger partial charge in [-0.15, -0.1) is 0 Å². The molecule has 2 aliphatic rings. The second kappa shape index (κ2) is 6.46. The average Bonchev–Trinajstić information content (AvgIpc) is 3.13. The molecule has 1 aliphatic carbocycles. The maximum Gasteiger partial charge on any atom is 0.0888 e. The van der Waals surface area contributed by atoms with Crippen molar-refractivity contribution in [2.24, 2.45) is 5.92 Å². The summed E-state index contributed by atoms with van der Waals surface area (Å²) < 4.78 is 11.1. The van der Waals surface area contributed by atoms with Gasteiger partial charge in [0.25, 0.3) is 0 Å². The fourth-order valence-electron chi connectivity index (χ4n) is 2.29. The average molecular weight is 262 g/mol. The van der Waals surface area contributed by atoms with Gasteiger partial charge in [-0.05, 0) is 31.4 Å². The number of nitrogens with zero attached hydrogens (tertiary/aromatic N) is 1. The van der Waals surface area contributed by atoms with Gasteiger partial charge >= 0.3 is 0 Å². The molecule has 1 N–H and O–H groups in total. The topological polar surface area (TPSA) is 43.4 Å². The Morgan fingerprint density at radius 1 is 1.26 bits per heavy atom. The molecule has 19 heavy (non-hydrogen) atoms. The Labute approximate surface area is 114 Å². The van der Waals surface area contributed by atoms with Crippen LogP contribution in [-0.2, 0) is 22.6 Å². The van der Waals surface area contributed by atoms with Gasteiger partial charge in [0.2, 0.25) is 0 Å². The van der Waals surface area contributed by atoms with Crippen LogP contribution in [0.15, 0.2) is 18.2 Å². The Hall–Kier alpha value is -0.970. The van der Waals surface area contributed by atoms with Crippen LogP contribution in [0.1, 0.15) is 30.7 Å². The molecule has 0 bridgehead atoms. The van der Waals surface area contributed by atoms with E-state index in [1.165, 1.54) is 12.8 Å². The van der Waals surface area contributed by atoms with E-state index in [0.717, 1.165) is 50.2 Å². The van der Waals surface area contributed by atoms with Gasteiger partial charge < -0.3 is 14.8 Å². The van der Waals surface area contributed by atoms with Crippen molar-refractivity contribution in [1.29, 1.82) is 0 Å². The summed E-state index contributed by atoms with van der Waals surface area (Å²) >= 11 is 0. The molecule has 1 unspecified atom stereocenters. The number of rotatable bonds is 7. The monoisotopic (exact) mass is 262 g/mol. The number of aromatic nitrogens is 1. The van der Waals surface area contributed by atoms with Crippen molar-refractivity contribution in [3.05, 3.63) is 29.6 Å². The van der Waals surface area contributed by atoms with Crippen LogP contribution in [0, 0.1) is 5.92 Å². The molecular weight excluding hydrogens is 240 g/mol. The third kappa shape index (κ3) is 4.27. The van der Waals surface area contributed by atoms with Gasteiger partial charge in [0.05, 0.1) is 31.2 Å². The van der Waals surface area contributed by atoms with Crippen molar-refractivity contribution in [1.82, 2.24) is 10.3 Å². The Balaban J connectivity index is 1.42. The zero-order chi connectivity index (χ0) is 12.9. The van der Waals surface area contributed by atoms with Crippen molar-refractivity contribution in [3.8, 4) is 0 Å². The van der Waals surface area contributed by atoms with Crippen molar-refractivity contribution < 1.29 is 9.47 Å². The van der Waals surface area contributed by atoms with Gasteiger partial charge in [0.15, 0.2) is 0 Å². The molecule has 2 heterocycles. The van der Waals surface area contributed by atoms with Gasteiger partial charge in [0, 0.05) is 25.1 Å². The quantitative estimate of drug-likeness (QED) is 0.815. The molecule has 1 aliphatic heterocycles. The van der Waals surface area contributed by atoms with Gasteiger partial charge in [-0.2, -0.15) is 0 Å². The zero-order valence-electron chi connectivity index (χ0n) is 11.3. The Bertz CT molecular complexity index is 401. The van der Waals surface area contributed by atoms with Crippen LogP contribution < -0.4 is 5.32 Å². The maximum atomic E-state index is 5.73. The molecule has 1 aromatic rings. The predicted octanol–water partition coefficient (Wildman–Crippen LogP) is 1.89. The molecule has 1 saturated heterocycles. The standard InChI is InChI=1S/C15H22N2O2/c1-2-14(8-16-13-4-5-13)17-15(3-1)11-19-10-12-6-7-18-9-12/h1-3,12-13,16H,4-11H2. The number of pyridine rings is 1. The first-order chi connectivity index (χ1) is 9.40. The van der Waals surface area contributed by atoms with Crippen LogP contribution in [-0.4, -0.2) is 30.8 Å². The first-order valence-corrected chi connectivity index (χ1v) is 7.24. The molecule has 1 aromatic heterocycles. The summed E-state index contributed by atoms with van der Waals surface area (Å²) in [5.41, 5.74) is 2.13. The molecule has 104 valence electrons. The minimum Gasteiger partial charge on any atom is -0.381 e. The van der Waals surface area contributed by atoms with Crippen molar-refractivity contribution in [3.63, 3.8) is 0 Å². The number of nitrogens with one attached hydrogen (secondary N) is 1. The van der Waals surface area contributed by atoms with Gasteiger partial charge in [-0.3, -0.25) is 4.98 Å². The lowest BCUT2D eigenvalue weighted by atomic mass is 10.1. The molecule has 0 amide bonds. The maximum absolute atomic E-state index is 5.73. The van der Waals surface area contributed by atoms with E-state index in [9.17, 15) is 0 Å². The summed E-state index contributed by atoms with van der Waals surface area (Å²) in [4.78, 5) is 4.62. The lowest BCUT2D eigenvalue weighted by Crippen LogP contribution is -2.16. The molecule has 4 nitrogen and oxygen atoms in total. The normalized spacial score (nSPS) is 22.8. The molecule has 4 heteroatoms. The van der Waals surface area contributed by atoms with E-state index in [1.807, 2.05) is 6.07 Å². The van der Waals surface area contributed by atoms with E-state index in [2.05, 4.69) is 22.4 Å². The fourth-order valence-corrected chi connectivity index (χ4v) is 2.29. The SMILES string of the molecule is c1cc(CNC2CC2)nc(COCC2CCOC2)c1. The predicted molar refractivity (Wildman–Crippen MR) is 72.7 cm³/mol. The van der Waals surface area contributed by atoms with E-state index in [-0.39, 0.29) is 0 Å². The molecule has 1 saturated carbocycles. The summed E-state index contributed by atoms with van der Waals surface area (Å²) in [6.07, 6.45) is 3.75. The number of ether oxygens (including phenoxy) is 2. The first kappa shape index (κ1) is 13.0. The highest BCUT2D eigenvalue weighted by atomic mass is 16.5. The molecule has 0 aromatic carbocycles. The Morgan fingerprint density at radius 3 is 2.95 bits per heavy atom. The Morgan fingerprint density at radius 2 is 2.16 bits per heavy atom. The molecule has 2 fully saturated rings. The smallest absolute Gasteiger partial charge is 0.0888 e. The summed E-state index contributed by atoms with van der Waals surface area (Å²) in [6, 6.07) is 6.90. The van der Waals surface area contributed by atoms with Gasteiger partial charge in [-0.25, -0.2) is 0 Å². The number of hydrogen-bond acceptors (Lipinski definition) is 4. The summed E-state index contributed by atoms with van der Waals surface area (Å²) in [7, 11) is 0. The van der Waals surface area contributed by atoms with Gasteiger partial charge in [-0.1, -0.05) is 6.07 Å². The third-order valence-corrected chi connectivity index (χ3v) is 3.64. The number of hydrogen-bond donors (Lipinski definition) is 1. The highest BCUT2D eigenvalue weighted by Crippen LogP contribution is 2.19. The van der Waals surface area contributed by atoms with E-state index in [0.29, 0.717) is 12.5 Å². The third-order valence-electron chi connectivity index (χ3n) is 3.64. The summed E-state index contributed by atoms with van der Waals surface area (Å²) in [5.74, 6) is 0.569. The second-order valence-electron chi connectivity index (χ2n) is 5.52. The Kier molecular flexibility index (Phi) is 4.43. The largest absolute Gasteiger partial charge is 0.381 e. The van der Waals surface area contributed by atoms with Crippen LogP contribution in [0.4, 0.5) is 0 Å². The van der Waals surface area contributed by atoms with E-state index >= 15 is 0 Å². The molecule has 0 spiro atoms. The summed E-state index contributed by atoms with van der Waals surface area (Å²) in [6.45, 7) is 3.99. The highest BCUT2D eigenvalue weighted by Gasteiger charge is 2.20. The van der Waals surface area contributed by atoms with Gasteiger partial charge in [0.1, 0.15) is 0 Å². The van der Waals surface area contributed by atoms with E-state index in [1.54, 1.807) is 0 Å². The van der Waals surface area contributed by atoms with E-state index < -0.39 is 0 Å². The zero-order valence-corrected chi connectivity index (χ0v) is 11.3.